The number of carboxylic acids is 1. The third-order valence-electron chi connectivity index (χ3n) is 2.49. The maximum Gasteiger partial charge on any atom is 0.326 e. The van der Waals surface area contributed by atoms with E-state index in [1.165, 1.54) is 18.9 Å². The molecule has 0 aliphatic carbocycles. The summed E-state index contributed by atoms with van der Waals surface area (Å²) >= 11 is 0. The van der Waals surface area contributed by atoms with Crippen LogP contribution >= 0.6 is 0 Å². The third kappa shape index (κ3) is 5.58. The van der Waals surface area contributed by atoms with Crippen LogP contribution in [-0.4, -0.2) is 41.6 Å². The molecule has 1 atom stereocenters. The predicted octanol–water partition coefficient (Wildman–Crippen LogP) is 1.54. The fourth-order valence-electron chi connectivity index (χ4n) is 1.17. The molecule has 1 unspecified atom stereocenters. The zero-order chi connectivity index (χ0) is 12.7. The molecule has 0 spiro atoms. The molecule has 94 valence electrons. The van der Waals surface area contributed by atoms with Crippen LogP contribution in [0.4, 0.5) is 4.79 Å². The van der Waals surface area contributed by atoms with Crippen molar-refractivity contribution < 1.29 is 14.7 Å². The van der Waals surface area contributed by atoms with Crippen LogP contribution in [0.15, 0.2) is 0 Å². The van der Waals surface area contributed by atoms with E-state index in [1.807, 2.05) is 0 Å². The molecule has 0 saturated heterocycles. The fourth-order valence-corrected chi connectivity index (χ4v) is 1.17. The summed E-state index contributed by atoms with van der Waals surface area (Å²) in [6.07, 6.45) is 1.97. The maximum absolute atomic E-state index is 11.5. The number of carbonyl (C=O) groups is 2. The molecule has 5 nitrogen and oxygen atoms in total. The number of amides is 2. The molecule has 0 heterocycles. The Hall–Kier alpha value is -1.26. The summed E-state index contributed by atoms with van der Waals surface area (Å²) in [5, 5.41) is 11.4. The summed E-state index contributed by atoms with van der Waals surface area (Å²) in [7, 11) is 1.48. The molecule has 0 fully saturated rings. The van der Waals surface area contributed by atoms with Gasteiger partial charge in [0.25, 0.3) is 0 Å². The summed E-state index contributed by atoms with van der Waals surface area (Å²) in [6, 6.07) is -1.14. The zero-order valence-corrected chi connectivity index (χ0v) is 10.5. The Bertz CT molecular complexity index is 241. The van der Waals surface area contributed by atoms with E-state index >= 15 is 0 Å². The van der Waals surface area contributed by atoms with Gasteiger partial charge in [-0.3, -0.25) is 0 Å². The first kappa shape index (κ1) is 14.7. The molecule has 2 amide bonds. The van der Waals surface area contributed by atoms with Crippen molar-refractivity contribution in [3.63, 3.8) is 0 Å². The normalized spacial score (nSPS) is 12.3. The Kier molecular flexibility index (Phi) is 6.53. The molecule has 5 heteroatoms. The third-order valence-corrected chi connectivity index (χ3v) is 2.49. The van der Waals surface area contributed by atoms with Gasteiger partial charge in [0.2, 0.25) is 0 Å². The van der Waals surface area contributed by atoms with Gasteiger partial charge >= 0.3 is 12.0 Å². The number of aliphatic carboxylic acids is 1. The average molecular weight is 230 g/mol. The molecule has 0 rings (SSSR count). The summed E-state index contributed by atoms with van der Waals surface area (Å²) < 4.78 is 0. The smallest absolute Gasteiger partial charge is 0.326 e. The van der Waals surface area contributed by atoms with E-state index in [-0.39, 0.29) is 6.03 Å². The van der Waals surface area contributed by atoms with Gasteiger partial charge in [-0.1, -0.05) is 13.8 Å². The van der Waals surface area contributed by atoms with Crippen LogP contribution in [0.1, 0.15) is 33.6 Å². The summed E-state index contributed by atoms with van der Waals surface area (Å²) in [5.74, 6) is -0.382. The predicted molar refractivity (Wildman–Crippen MR) is 62.3 cm³/mol. The molecule has 0 aliphatic heterocycles. The number of nitrogens with zero attached hydrogens (tertiary/aromatic N) is 1. The molecule has 0 aromatic rings. The lowest BCUT2D eigenvalue weighted by molar-refractivity contribution is -0.141. The lowest BCUT2D eigenvalue weighted by Gasteiger charge is -2.21. The molecular weight excluding hydrogens is 208 g/mol. The molecule has 0 bridgehead atoms. The highest BCUT2D eigenvalue weighted by Crippen LogP contribution is 2.02. The summed E-state index contributed by atoms with van der Waals surface area (Å²) in [6.45, 7) is 6.32. The SMILES string of the molecule is CC(C)CCCNC(=O)N(C)C(C)C(=O)O. The number of carboxylic acid groups (broad SMARTS) is 1. The van der Waals surface area contributed by atoms with Crippen molar-refractivity contribution in [1.29, 1.82) is 0 Å². The van der Waals surface area contributed by atoms with E-state index < -0.39 is 12.0 Å². The van der Waals surface area contributed by atoms with Gasteiger partial charge < -0.3 is 15.3 Å². The molecule has 0 aliphatic rings. The minimum atomic E-state index is -1.00. The fraction of sp³-hybridized carbons (Fsp3) is 0.818. The lowest BCUT2D eigenvalue weighted by atomic mass is 10.1. The monoisotopic (exact) mass is 230 g/mol. The van der Waals surface area contributed by atoms with Gasteiger partial charge in [-0.15, -0.1) is 0 Å². The minimum absolute atomic E-state index is 0.335. The van der Waals surface area contributed by atoms with E-state index in [0.29, 0.717) is 12.5 Å². The molecule has 0 aromatic heterocycles. The van der Waals surface area contributed by atoms with Crippen molar-refractivity contribution in [2.45, 2.75) is 39.7 Å². The first-order valence-electron chi connectivity index (χ1n) is 5.59. The first-order chi connectivity index (χ1) is 7.36. The van der Waals surface area contributed by atoms with Crippen molar-refractivity contribution in [3.8, 4) is 0 Å². The van der Waals surface area contributed by atoms with Crippen LogP contribution in [0.2, 0.25) is 0 Å². The van der Waals surface area contributed by atoms with Gasteiger partial charge in [0.05, 0.1) is 0 Å². The van der Waals surface area contributed by atoms with Crippen molar-refractivity contribution in [3.05, 3.63) is 0 Å². The van der Waals surface area contributed by atoms with Gasteiger partial charge in [-0.25, -0.2) is 9.59 Å². The highest BCUT2D eigenvalue weighted by atomic mass is 16.4. The van der Waals surface area contributed by atoms with Crippen LogP contribution in [0.3, 0.4) is 0 Å². The highest BCUT2D eigenvalue weighted by Gasteiger charge is 2.20. The molecule has 0 radical (unpaired) electrons. The van der Waals surface area contributed by atoms with Crippen LogP contribution in [0.5, 0.6) is 0 Å². The van der Waals surface area contributed by atoms with E-state index in [4.69, 9.17) is 5.11 Å². The Morgan fingerprint density at radius 2 is 1.88 bits per heavy atom. The lowest BCUT2D eigenvalue weighted by Crippen LogP contribution is -2.45. The number of hydrogen-bond acceptors (Lipinski definition) is 2. The first-order valence-corrected chi connectivity index (χ1v) is 5.59. The molecule has 0 aromatic carbocycles. The summed E-state index contributed by atoms with van der Waals surface area (Å²) in [4.78, 5) is 23.3. The molecule has 16 heavy (non-hydrogen) atoms. The number of rotatable bonds is 6. The van der Waals surface area contributed by atoms with Crippen molar-refractivity contribution >= 4 is 12.0 Å². The van der Waals surface area contributed by atoms with Crippen molar-refractivity contribution in [2.24, 2.45) is 5.92 Å². The Morgan fingerprint density at radius 3 is 2.31 bits per heavy atom. The largest absolute Gasteiger partial charge is 0.480 e. The van der Waals surface area contributed by atoms with Gasteiger partial charge in [0.1, 0.15) is 6.04 Å². The second kappa shape index (κ2) is 7.09. The van der Waals surface area contributed by atoms with E-state index in [1.54, 1.807) is 0 Å². The zero-order valence-electron chi connectivity index (χ0n) is 10.5. The Balaban J connectivity index is 3.84. The maximum atomic E-state index is 11.5. The van der Waals surface area contributed by atoms with E-state index in [9.17, 15) is 9.59 Å². The highest BCUT2D eigenvalue weighted by molar-refractivity contribution is 5.82. The van der Waals surface area contributed by atoms with Gasteiger partial charge in [-0.2, -0.15) is 0 Å². The molecular formula is C11H22N2O3. The van der Waals surface area contributed by atoms with Gasteiger partial charge in [-0.05, 0) is 25.7 Å². The van der Waals surface area contributed by atoms with Crippen molar-refractivity contribution in [1.82, 2.24) is 10.2 Å². The Morgan fingerprint density at radius 1 is 1.31 bits per heavy atom. The van der Waals surface area contributed by atoms with Crippen LogP contribution < -0.4 is 5.32 Å². The number of carbonyl (C=O) groups excluding carboxylic acids is 1. The second-order valence-corrected chi connectivity index (χ2v) is 4.39. The summed E-state index contributed by atoms with van der Waals surface area (Å²) in [5.41, 5.74) is 0. The van der Waals surface area contributed by atoms with Crippen LogP contribution in [-0.2, 0) is 4.79 Å². The number of urea groups is 1. The van der Waals surface area contributed by atoms with E-state index in [0.717, 1.165) is 12.8 Å². The topological polar surface area (TPSA) is 69.6 Å². The standard InChI is InChI=1S/C11H22N2O3/c1-8(2)6-5-7-12-11(16)13(4)9(3)10(14)15/h8-9H,5-7H2,1-4H3,(H,12,16)(H,14,15). The van der Waals surface area contributed by atoms with Crippen molar-refractivity contribution in [2.75, 3.05) is 13.6 Å². The molecule has 2 N–H and O–H groups in total. The Labute approximate surface area is 96.8 Å². The number of likely N-dealkylation sites (N-methyl/N-ethyl adjacent to an activating group) is 1. The second-order valence-electron chi connectivity index (χ2n) is 4.39. The van der Waals surface area contributed by atoms with Crippen LogP contribution in [0, 0.1) is 5.92 Å². The van der Waals surface area contributed by atoms with E-state index in [2.05, 4.69) is 19.2 Å². The van der Waals surface area contributed by atoms with Gasteiger partial charge in [0, 0.05) is 13.6 Å². The van der Waals surface area contributed by atoms with Gasteiger partial charge in [0.15, 0.2) is 0 Å². The number of nitrogens with one attached hydrogen (secondary N) is 1. The van der Waals surface area contributed by atoms with Crippen LogP contribution in [0.25, 0.3) is 0 Å². The average Bonchev–Trinajstić information content (AvgIpc) is 2.21. The molecule has 0 saturated carbocycles. The quantitative estimate of drug-likeness (QED) is 0.680. The minimum Gasteiger partial charge on any atom is -0.480 e. The number of hydrogen-bond donors (Lipinski definition) is 2.